The van der Waals surface area contributed by atoms with Gasteiger partial charge in [0.15, 0.2) is 0 Å². The van der Waals surface area contributed by atoms with Gasteiger partial charge in [0.2, 0.25) is 15.9 Å². The van der Waals surface area contributed by atoms with E-state index in [1.807, 2.05) is 13.8 Å². The van der Waals surface area contributed by atoms with Gasteiger partial charge in [-0.05, 0) is 43.2 Å². The Hall–Kier alpha value is -2.57. The van der Waals surface area contributed by atoms with Crippen LogP contribution in [-0.4, -0.2) is 65.0 Å². The van der Waals surface area contributed by atoms with Crippen LogP contribution in [-0.2, 0) is 19.6 Å². The van der Waals surface area contributed by atoms with E-state index in [0.29, 0.717) is 12.8 Å². The fourth-order valence-corrected chi connectivity index (χ4v) is 6.18. The molecule has 11 nitrogen and oxygen atoms in total. The highest BCUT2D eigenvalue weighted by atomic mass is 32.2. The maximum Gasteiger partial charge on any atom is 0.303 e. The van der Waals surface area contributed by atoms with Gasteiger partial charge < -0.3 is 15.5 Å². The van der Waals surface area contributed by atoms with E-state index in [2.05, 4.69) is 5.32 Å². The van der Waals surface area contributed by atoms with Gasteiger partial charge in [-0.25, -0.2) is 8.42 Å². The van der Waals surface area contributed by atoms with Gasteiger partial charge in [-0.2, -0.15) is 4.31 Å². The number of rotatable bonds is 16. The van der Waals surface area contributed by atoms with Crippen molar-refractivity contribution in [2.75, 3.05) is 13.1 Å². The van der Waals surface area contributed by atoms with Gasteiger partial charge in [0.25, 0.3) is 5.69 Å². The van der Waals surface area contributed by atoms with Crippen molar-refractivity contribution in [3.05, 3.63) is 34.4 Å². The smallest absolute Gasteiger partial charge is 0.303 e. The molecular formula is C26H41N3O8S. The Bertz CT molecular complexity index is 1020. The van der Waals surface area contributed by atoms with Crippen LogP contribution in [0, 0.1) is 22.0 Å². The Morgan fingerprint density at radius 1 is 1.13 bits per heavy atom. The molecule has 1 aliphatic carbocycles. The Morgan fingerprint density at radius 3 is 2.32 bits per heavy atom. The van der Waals surface area contributed by atoms with E-state index in [-0.39, 0.29) is 60.7 Å². The number of carboxylic acids is 1. The van der Waals surface area contributed by atoms with Crippen molar-refractivity contribution < 1.29 is 33.1 Å². The number of aliphatic hydroxyl groups is 1. The summed E-state index contributed by atoms with van der Waals surface area (Å²) in [5.74, 6) is -0.890. The molecule has 0 unspecified atom stereocenters. The number of sulfonamides is 1. The number of hydrogen-bond acceptors (Lipinski definition) is 7. The average Bonchev–Trinajstić information content (AvgIpc) is 2.86. The van der Waals surface area contributed by atoms with Gasteiger partial charge in [0.1, 0.15) is 0 Å². The Morgan fingerprint density at radius 2 is 1.76 bits per heavy atom. The molecule has 12 heteroatoms. The molecule has 214 valence electrons. The fraction of sp³-hybridized carbons (Fsp3) is 0.692. The second-order valence-electron chi connectivity index (χ2n) is 10.5. The van der Waals surface area contributed by atoms with Crippen LogP contribution in [0.25, 0.3) is 0 Å². The van der Waals surface area contributed by atoms with E-state index >= 15 is 0 Å². The first-order valence-electron chi connectivity index (χ1n) is 13.3. The zero-order valence-electron chi connectivity index (χ0n) is 22.3. The van der Waals surface area contributed by atoms with Crippen molar-refractivity contribution in [2.24, 2.45) is 11.8 Å². The van der Waals surface area contributed by atoms with Crippen LogP contribution in [0.1, 0.15) is 78.1 Å². The first-order valence-corrected chi connectivity index (χ1v) is 14.8. The van der Waals surface area contributed by atoms with Crippen molar-refractivity contribution in [1.29, 1.82) is 0 Å². The highest BCUT2D eigenvalue weighted by Gasteiger charge is 2.32. The number of nitrogens with one attached hydrogen (secondary N) is 1. The van der Waals surface area contributed by atoms with E-state index in [9.17, 15) is 33.2 Å². The predicted octanol–water partition coefficient (Wildman–Crippen LogP) is 3.70. The van der Waals surface area contributed by atoms with E-state index < -0.39 is 33.1 Å². The molecule has 1 aliphatic rings. The highest BCUT2D eigenvalue weighted by molar-refractivity contribution is 7.89. The lowest BCUT2D eigenvalue weighted by atomic mass is 9.83. The van der Waals surface area contributed by atoms with Crippen LogP contribution in [0.4, 0.5) is 5.69 Å². The van der Waals surface area contributed by atoms with E-state index in [0.717, 1.165) is 44.2 Å². The monoisotopic (exact) mass is 555 g/mol. The number of amides is 1. The topological polar surface area (TPSA) is 167 Å². The van der Waals surface area contributed by atoms with Crippen LogP contribution in [0.15, 0.2) is 29.2 Å². The van der Waals surface area contributed by atoms with E-state index in [4.69, 9.17) is 5.11 Å². The molecule has 0 aliphatic heterocycles. The van der Waals surface area contributed by atoms with Gasteiger partial charge in [0.05, 0.1) is 22.0 Å². The minimum Gasteiger partial charge on any atom is -0.481 e. The lowest BCUT2D eigenvalue weighted by Gasteiger charge is -2.33. The van der Waals surface area contributed by atoms with Crippen molar-refractivity contribution in [3.63, 3.8) is 0 Å². The summed E-state index contributed by atoms with van der Waals surface area (Å²) in [5, 5.41) is 33.9. The molecule has 1 fully saturated rings. The molecule has 0 heterocycles. The summed E-state index contributed by atoms with van der Waals surface area (Å²) < 4.78 is 28.2. The van der Waals surface area contributed by atoms with Gasteiger partial charge >= 0.3 is 5.97 Å². The van der Waals surface area contributed by atoms with Crippen molar-refractivity contribution in [1.82, 2.24) is 9.62 Å². The number of nitro groups is 1. The van der Waals surface area contributed by atoms with Crippen LogP contribution < -0.4 is 5.32 Å². The Balaban J connectivity index is 2.24. The second-order valence-corrected chi connectivity index (χ2v) is 12.5. The van der Waals surface area contributed by atoms with Crippen molar-refractivity contribution >= 4 is 27.6 Å². The lowest BCUT2D eigenvalue weighted by Crippen LogP contribution is -2.50. The van der Waals surface area contributed by atoms with Gasteiger partial charge in [-0.15, -0.1) is 0 Å². The van der Waals surface area contributed by atoms with Crippen LogP contribution in [0.2, 0.25) is 0 Å². The predicted molar refractivity (Wildman–Crippen MR) is 142 cm³/mol. The number of aliphatic hydroxyl groups excluding tert-OH is 1. The zero-order valence-corrected chi connectivity index (χ0v) is 23.1. The molecule has 2 rings (SSSR count). The zero-order chi connectivity index (χ0) is 28.3. The van der Waals surface area contributed by atoms with Gasteiger partial charge in [-0.3, -0.25) is 19.7 Å². The van der Waals surface area contributed by atoms with Gasteiger partial charge in [-0.1, -0.05) is 46.0 Å². The number of carboxylic acid groups (broad SMARTS) is 1. The average molecular weight is 556 g/mol. The molecule has 3 N–H and O–H groups in total. The second kappa shape index (κ2) is 15.1. The van der Waals surface area contributed by atoms with Crippen LogP contribution in [0.5, 0.6) is 0 Å². The summed E-state index contributed by atoms with van der Waals surface area (Å²) in [5.41, 5.74) is -0.226. The number of aliphatic carboxylic acids is 1. The van der Waals surface area contributed by atoms with Crippen molar-refractivity contribution in [3.8, 4) is 0 Å². The molecule has 1 aromatic rings. The maximum atomic E-state index is 13.5. The normalized spacial score (nSPS) is 16.3. The molecule has 1 aromatic carbocycles. The molecule has 1 amide bonds. The first kappa shape index (κ1) is 31.6. The first-order chi connectivity index (χ1) is 17.9. The number of carbonyl (C=O) groups excluding carboxylic acids is 1. The number of nitrogens with zero attached hydrogens (tertiary/aromatic N) is 2. The molecule has 2 atom stereocenters. The van der Waals surface area contributed by atoms with E-state index in [1.54, 1.807) is 0 Å². The third-order valence-electron chi connectivity index (χ3n) is 6.95. The van der Waals surface area contributed by atoms with E-state index in [1.165, 1.54) is 16.4 Å². The number of carbonyl (C=O) groups is 2. The van der Waals surface area contributed by atoms with Crippen LogP contribution >= 0.6 is 0 Å². The Kier molecular flexibility index (Phi) is 12.6. The molecule has 0 spiro atoms. The molecule has 0 aromatic heterocycles. The minimum atomic E-state index is -4.08. The molecule has 0 bridgehead atoms. The lowest BCUT2D eigenvalue weighted by molar-refractivity contribution is -0.384. The molecular weight excluding hydrogens is 514 g/mol. The third-order valence-corrected chi connectivity index (χ3v) is 8.83. The SMILES string of the molecule is CC(C)CCN(C[C@@H](O)[C@H](CC1CCCCC1)NC(=O)CCCC(=O)O)S(=O)(=O)c1ccc([N+](=O)[O-])cc1. The third kappa shape index (κ3) is 10.3. The minimum absolute atomic E-state index is 0.00164. The summed E-state index contributed by atoms with van der Waals surface area (Å²) in [4.78, 5) is 33.7. The highest BCUT2D eigenvalue weighted by Crippen LogP contribution is 2.29. The summed E-state index contributed by atoms with van der Waals surface area (Å²) >= 11 is 0. The van der Waals surface area contributed by atoms with Crippen molar-refractivity contribution in [2.45, 2.75) is 95.1 Å². The fourth-order valence-electron chi connectivity index (χ4n) is 4.71. The summed E-state index contributed by atoms with van der Waals surface area (Å²) in [7, 11) is -4.08. The molecule has 0 radical (unpaired) electrons. The maximum absolute atomic E-state index is 13.5. The molecule has 38 heavy (non-hydrogen) atoms. The summed E-state index contributed by atoms with van der Waals surface area (Å²) in [6.45, 7) is 3.79. The summed E-state index contributed by atoms with van der Waals surface area (Å²) in [6, 6.07) is 3.95. The van der Waals surface area contributed by atoms with Crippen LogP contribution in [0.3, 0.4) is 0 Å². The standard InChI is InChI=1S/C26H41N3O8S/c1-19(2)15-16-28(38(36,37)22-13-11-21(12-14-22)29(34)35)18-24(30)23(17-20-7-4-3-5-8-20)27-25(31)9-6-10-26(32)33/h11-14,19-20,23-24,30H,3-10,15-18H2,1-2H3,(H,27,31)(H,32,33)/t23-,24+/m0/s1. The number of non-ortho nitro benzene ring substituents is 1. The van der Waals surface area contributed by atoms with Gasteiger partial charge in [0, 0.05) is 38.1 Å². The molecule has 1 saturated carbocycles. The summed E-state index contributed by atoms with van der Waals surface area (Å²) in [6.07, 6.45) is 5.08. The Labute approximate surface area is 224 Å². The largest absolute Gasteiger partial charge is 0.481 e. The quantitative estimate of drug-likeness (QED) is 0.205. The molecule has 0 saturated heterocycles. The number of hydrogen-bond donors (Lipinski definition) is 3. The number of benzene rings is 1. The number of nitro benzene ring substituents is 1.